The van der Waals surface area contributed by atoms with Gasteiger partial charge in [-0.3, -0.25) is 4.68 Å². The molecule has 0 amide bonds. The molecule has 0 spiro atoms. The van der Waals surface area contributed by atoms with Gasteiger partial charge in [-0.1, -0.05) is 6.58 Å². The molecule has 4 aromatic rings. The average Bonchev–Trinajstić information content (AvgIpc) is 3.47. The van der Waals surface area contributed by atoms with Crippen molar-refractivity contribution < 1.29 is 4.39 Å². The first-order valence-electron chi connectivity index (χ1n) is 9.95. The minimum absolute atomic E-state index is 0.299. The quantitative estimate of drug-likeness (QED) is 0.352. The summed E-state index contributed by atoms with van der Waals surface area (Å²) < 4.78 is 17.0. The maximum atomic E-state index is 13.4. The molecule has 0 radical (unpaired) electrons. The lowest BCUT2D eigenvalue weighted by Crippen LogP contribution is -2.02. The van der Waals surface area contributed by atoms with Crippen molar-refractivity contribution in [2.75, 3.05) is 0 Å². The number of nitrogens with zero attached hydrogens (tertiary/aromatic N) is 6. The van der Waals surface area contributed by atoms with Crippen molar-refractivity contribution in [3.8, 4) is 22.0 Å². The van der Waals surface area contributed by atoms with Crippen LogP contribution in [-0.2, 0) is 6.54 Å². The molecule has 0 aliphatic heterocycles. The van der Waals surface area contributed by atoms with E-state index in [2.05, 4.69) is 16.7 Å². The molecule has 158 valence electrons. The molecule has 0 saturated carbocycles. The van der Waals surface area contributed by atoms with Crippen molar-refractivity contribution in [2.24, 2.45) is 0 Å². The van der Waals surface area contributed by atoms with Crippen molar-refractivity contribution in [3.05, 3.63) is 65.7 Å². The predicted molar refractivity (Wildman–Crippen MR) is 124 cm³/mol. The number of hydrogen-bond donors (Lipinski definition) is 0. The Morgan fingerprint density at radius 1 is 1.29 bits per heavy atom. The molecule has 0 aromatic carbocycles. The van der Waals surface area contributed by atoms with E-state index in [9.17, 15) is 4.39 Å². The molecule has 4 rings (SSSR count). The number of fused-ring (bicyclic) bond motifs is 1. The van der Waals surface area contributed by atoms with Crippen LogP contribution in [0.2, 0.25) is 0 Å². The Kier molecular flexibility index (Phi) is 5.65. The highest BCUT2D eigenvalue weighted by Crippen LogP contribution is 2.36. The zero-order chi connectivity index (χ0) is 22.1. The number of allylic oxidation sites excluding steroid dienone is 5. The third-order valence-corrected chi connectivity index (χ3v) is 5.83. The van der Waals surface area contributed by atoms with Gasteiger partial charge in [0.15, 0.2) is 5.65 Å². The molecule has 8 heteroatoms. The average molecular weight is 435 g/mol. The topological polar surface area (TPSA) is 61.4 Å². The first-order chi connectivity index (χ1) is 14.9. The summed E-state index contributed by atoms with van der Waals surface area (Å²) in [5.74, 6) is -0.299. The third-order valence-electron chi connectivity index (χ3n) is 4.88. The molecule has 0 unspecified atom stereocenters. The second kappa shape index (κ2) is 8.39. The van der Waals surface area contributed by atoms with Crippen molar-refractivity contribution in [1.29, 1.82) is 0 Å². The third kappa shape index (κ3) is 3.86. The van der Waals surface area contributed by atoms with Gasteiger partial charge in [0.1, 0.15) is 5.01 Å². The van der Waals surface area contributed by atoms with E-state index in [1.807, 2.05) is 43.8 Å². The summed E-state index contributed by atoms with van der Waals surface area (Å²) >= 11 is 1.63. The van der Waals surface area contributed by atoms with Crippen LogP contribution in [0.3, 0.4) is 0 Å². The number of aromatic nitrogens is 6. The van der Waals surface area contributed by atoms with E-state index >= 15 is 0 Å². The van der Waals surface area contributed by atoms with Gasteiger partial charge in [0, 0.05) is 29.4 Å². The van der Waals surface area contributed by atoms with E-state index in [1.54, 1.807) is 34.4 Å². The molecule has 0 aliphatic carbocycles. The van der Waals surface area contributed by atoms with Gasteiger partial charge >= 0.3 is 0 Å². The van der Waals surface area contributed by atoms with Gasteiger partial charge in [-0.15, -0.1) is 11.3 Å². The molecule has 0 fully saturated rings. The van der Waals surface area contributed by atoms with Crippen molar-refractivity contribution >= 4 is 28.1 Å². The Balaban J connectivity index is 2.07. The maximum Gasteiger partial charge on any atom is 0.164 e. The molecule has 0 N–H and O–H groups in total. The van der Waals surface area contributed by atoms with E-state index in [0.29, 0.717) is 11.3 Å². The van der Waals surface area contributed by atoms with E-state index in [4.69, 9.17) is 10.1 Å². The maximum absolute atomic E-state index is 13.4. The van der Waals surface area contributed by atoms with Gasteiger partial charge in [-0.2, -0.15) is 10.2 Å². The highest BCUT2D eigenvalue weighted by molar-refractivity contribution is 7.15. The minimum Gasteiger partial charge on any atom is -0.264 e. The second-order valence-electron chi connectivity index (χ2n) is 7.11. The van der Waals surface area contributed by atoms with Gasteiger partial charge in [0.2, 0.25) is 0 Å². The molecule has 0 atom stereocenters. The van der Waals surface area contributed by atoms with Crippen molar-refractivity contribution in [2.45, 2.75) is 34.2 Å². The smallest absolute Gasteiger partial charge is 0.164 e. The lowest BCUT2D eigenvalue weighted by Gasteiger charge is -2.09. The standard InChI is InChI=1S/C23H23FN6S/c1-6-17(9-8-14(3)24)30-22-21(16(5)28-30)18(23-25-13-15(4)31-23)12-19(27-22)20-10-11-26-29(20)7-2/h6,8-13H,1,7H2,2-5H3/b14-8+,17-9+. The van der Waals surface area contributed by atoms with Gasteiger partial charge in [-0.05, 0) is 58.1 Å². The second-order valence-corrected chi connectivity index (χ2v) is 8.34. The van der Waals surface area contributed by atoms with Crippen LogP contribution in [0.25, 0.3) is 38.7 Å². The van der Waals surface area contributed by atoms with Crippen LogP contribution in [-0.4, -0.2) is 29.5 Å². The minimum atomic E-state index is -0.299. The van der Waals surface area contributed by atoms with Crippen LogP contribution in [0.15, 0.2) is 55.2 Å². The zero-order valence-corrected chi connectivity index (χ0v) is 18.7. The van der Waals surface area contributed by atoms with Gasteiger partial charge in [0.05, 0.1) is 34.0 Å². The highest BCUT2D eigenvalue weighted by Gasteiger charge is 2.20. The van der Waals surface area contributed by atoms with Crippen molar-refractivity contribution in [3.63, 3.8) is 0 Å². The van der Waals surface area contributed by atoms with Crippen LogP contribution >= 0.6 is 11.3 Å². The van der Waals surface area contributed by atoms with Crippen LogP contribution in [0, 0.1) is 13.8 Å². The SMILES string of the molecule is C=C/C(=C\C=C(/C)F)n1nc(C)c2c(-c3ncc(C)s3)cc(-c3ccnn3CC)nc21. The fraction of sp³-hybridized carbons (Fsp3) is 0.217. The summed E-state index contributed by atoms with van der Waals surface area (Å²) in [5, 5.41) is 10.9. The van der Waals surface area contributed by atoms with Gasteiger partial charge in [0.25, 0.3) is 0 Å². The number of thiazole rings is 1. The molecular formula is C23H23FN6S. The molecule has 0 aliphatic rings. The summed E-state index contributed by atoms with van der Waals surface area (Å²) in [6.07, 6.45) is 8.31. The molecule has 6 nitrogen and oxygen atoms in total. The lowest BCUT2D eigenvalue weighted by molar-refractivity contribution is 0.640. The number of hydrogen-bond acceptors (Lipinski definition) is 5. The fourth-order valence-corrected chi connectivity index (χ4v) is 4.26. The first kappa shape index (κ1) is 20.9. The molecule has 0 saturated heterocycles. The van der Waals surface area contributed by atoms with Crippen LogP contribution in [0.5, 0.6) is 0 Å². The van der Waals surface area contributed by atoms with E-state index < -0.39 is 0 Å². The van der Waals surface area contributed by atoms with E-state index in [0.717, 1.165) is 44.5 Å². The summed E-state index contributed by atoms with van der Waals surface area (Å²) in [6.45, 7) is 12.0. The Morgan fingerprint density at radius 2 is 2.10 bits per heavy atom. The summed E-state index contributed by atoms with van der Waals surface area (Å²) in [4.78, 5) is 10.7. The van der Waals surface area contributed by atoms with E-state index in [1.165, 1.54) is 13.0 Å². The van der Waals surface area contributed by atoms with E-state index in [-0.39, 0.29) is 5.83 Å². The summed E-state index contributed by atoms with van der Waals surface area (Å²) in [7, 11) is 0. The molecule has 4 heterocycles. The normalized spacial score (nSPS) is 12.7. The molecule has 31 heavy (non-hydrogen) atoms. The van der Waals surface area contributed by atoms with Crippen molar-refractivity contribution in [1.82, 2.24) is 29.5 Å². The summed E-state index contributed by atoms with van der Waals surface area (Å²) in [6, 6.07) is 3.99. The van der Waals surface area contributed by atoms with Crippen LogP contribution in [0.4, 0.5) is 4.39 Å². The summed E-state index contributed by atoms with van der Waals surface area (Å²) in [5.41, 5.74) is 4.76. The Labute approximate surface area is 184 Å². The molecule has 0 bridgehead atoms. The van der Waals surface area contributed by atoms with Crippen LogP contribution < -0.4 is 0 Å². The monoisotopic (exact) mass is 434 g/mol. The number of rotatable bonds is 6. The predicted octanol–water partition coefficient (Wildman–Crippen LogP) is 5.96. The number of halogens is 1. The Hall–Kier alpha value is -3.39. The molecule has 4 aromatic heterocycles. The Bertz CT molecular complexity index is 1330. The zero-order valence-electron chi connectivity index (χ0n) is 17.9. The molecular weight excluding hydrogens is 411 g/mol. The fourth-order valence-electron chi connectivity index (χ4n) is 3.48. The number of pyridine rings is 1. The first-order valence-corrected chi connectivity index (χ1v) is 10.8. The van der Waals surface area contributed by atoms with Gasteiger partial charge in [-0.25, -0.2) is 19.0 Å². The number of aryl methyl sites for hydroxylation is 3. The largest absolute Gasteiger partial charge is 0.264 e. The lowest BCUT2D eigenvalue weighted by atomic mass is 10.1. The van der Waals surface area contributed by atoms with Crippen LogP contribution in [0.1, 0.15) is 24.4 Å². The highest BCUT2D eigenvalue weighted by atomic mass is 32.1. The Morgan fingerprint density at radius 3 is 2.74 bits per heavy atom. The van der Waals surface area contributed by atoms with Gasteiger partial charge < -0.3 is 0 Å².